The van der Waals surface area contributed by atoms with Crippen LogP contribution in [0.2, 0.25) is 0 Å². The molecule has 2 amide bonds. The number of carbonyl (C=O) groups is 2. The number of amides is 2. The van der Waals surface area contributed by atoms with Gasteiger partial charge in [-0.25, -0.2) is 4.99 Å². The van der Waals surface area contributed by atoms with Crippen LogP contribution in [0, 0.1) is 9.87 Å². The van der Waals surface area contributed by atoms with Crippen molar-refractivity contribution in [2.24, 2.45) is 10.9 Å². The van der Waals surface area contributed by atoms with Gasteiger partial charge in [0.1, 0.15) is 4.88 Å². The van der Waals surface area contributed by atoms with E-state index in [1.54, 1.807) is 31.2 Å². The molecule has 0 saturated carbocycles. The summed E-state index contributed by atoms with van der Waals surface area (Å²) in [6.45, 7) is 6.13. The summed E-state index contributed by atoms with van der Waals surface area (Å²) in [5.74, 6) is -0.924. The summed E-state index contributed by atoms with van der Waals surface area (Å²) in [4.78, 5) is 29.7. The van der Waals surface area contributed by atoms with Gasteiger partial charge in [0.25, 0.3) is 5.91 Å². The molecule has 0 bridgehead atoms. The summed E-state index contributed by atoms with van der Waals surface area (Å²) in [5.41, 5.74) is 5.06. The quantitative estimate of drug-likeness (QED) is 0.547. The van der Waals surface area contributed by atoms with E-state index >= 15 is 0 Å². The minimum atomic E-state index is -0.454. The Morgan fingerprint density at radius 3 is 2.53 bits per heavy atom. The highest BCUT2D eigenvalue weighted by atomic mass is 32.1. The maximum absolute atomic E-state index is 12.9. The van der Waals surface area contributed by atoms with E-state index in [0.717, 1.165) is 28.0 Å². The van der Waals surface area contributed by atoms with Crippen molar-refractivity contribution in [3.8, 4) is 5.88 Å². The van der Waals surface area contributed by atoms with Crippen molar-refractivity contribution < 1.29 is 14.7 Å². The van der Waals surface area contributed by atoms with E-state index in [0.29, 0.717) is 21.4 Å². The van der Waals surface area contributed by atoms with Gasteiger partial charge in [-0.1, -0.05) is 67.6 Å². The molecule has 2 N–H and O–H groups in total. The second kappa shape index (κ2) is 8.80. The molecular weight excluding hydrogens is 442 g/mol. The number of carbonyl (C=O) groups excluding carboxylic acids is 2. The van der Waals surface area contributed by atoms with Crippen LogP contribution in [0.1, 0.15) is 42.7 Å². The van der Waals surface area contributed by atoms with Gasteiger partial charge in [0.05, 0.1) is 16.8 Å². The molecule has 8 heteroatoms. The fourth-order valence-corrected chi connectivity index (χ4v) is 4.94. The minimum Gasteiger partial charge on any atom is -0.492 e. The van der Waals surface area contributed by atoms with E-state index in [4.69, 9.17) is 12.2 Å². The van der Waals surface area contributed by atoms with Crippen LogP contribution in [0.25, 0.3) is 5.57 Å². The third kappa shape index (κ3) is 4.16. The molecule has 1 aliphatic rings. The van der Waals surface area contributed by atoms with Crippen molar-refractivity contribution in [1.29, 1.82) is 0 Å². The summed E-state index contributed by atoms with van der Waals surface area (Å²) in [6, 6.07) is 15.1. The third-order valence-electron chi connectivity index (χ3n) is 5.36. The zero-order valence-electron chi connectivity index (χ0n) is 18.0. The molecule has 0 spiro atoms. The number of aromatic nitrogens is 1. The second-order valence-electron chi connectivity index (χ2n) is 8.20. The number of hydrogen-bond donors (Lipinski definition) is 2. The Morgan fingerprint density at radius 1 is 1.16 bits per heavy atom. The van der Waals surface area contributed by atoms with Crippen LogP contribution < -0.4 is 16.0 Å². The highest BCUT2D eigenvalue weighted by Crippen LogP contribution is 2.32. The molecule has 2 heterocycles. The monoisotopic (exact) mass is 465 g/mol. The first kappa shape index (κ1) is 22.1. The van der Waals surface area contributed by atoms with Crippen molar-refractivity contribution in [2.45, 2.75) is 33.1 Å². The van der Waals surface area contributed by atoms with E-state index in [1.807, 2.05) is 24.3 Å². The van der Waals surface area contributed by atoms with Gasteiger partial charge < -0.3 is 5.11 Å². The highest BCUT2D eigenvalue weighted by Gasteiger charge is 2.26. The zero-order valence-corrected chi connectivity index (χ0v) is 19.6. The summed E-state index contributed by atoms with van der Waals surface area (Å²) in [7, 11) is 0. The van der Waals surface area contributed by atoms with Crippen LogP contribution >= 0.6 is 23.6 Å². The van der Waals surface area contributed by atoms with Gasteiger partial charge in [-0.05, 0) is 48.7 Å². The molecule has 0 saturated heterocycles. The zero-order chi connectivity index (χ0) is 23.0. The average molecular weight is 466 g/mol. The van der Waals surface area contributed by atoms with Crippen molar-refractivity contribution >= 4 is 40.9 Å². The Bertz CT molecular complexity index is 1390. The van der Waals surface area contributed by atoms with E-state index in [-0.39, 0.29) is 21.3 Å². The van der Waals surface area contributed by atoms with Crippen LogP contribution in [0.15, 0.2) is 53.5 Å². The number of nitrogens with zero attached hydrogens (tertiary/aromatic N) is 2. The highest BCUT2D eigenvalue weighted by molar-refractivity contribution is 7.73. The normalized spacial score (nSPS) is 13.8. The average Bonchev–Trinajstić information content (AvgIpc) is 3.23. The lowest BCUT2D eigenvalue weighted by Gasteiger charge is -2.14. The summed E-state index contributed by atoms with van der Waals surface area (Å²) < 4.78 is 1.39. The molecule has 1 atom stereocenters. The number of benzene rings is 2. The Kier molecular flexibility index (Phi) is 6.08. The Morgan fingerprint density at radius 2 is 1.84 bits per heavy atom. The topological polar surface area (TPSA) is 83.7 Å². The molecule has 0 radical (unpaired) electrons. The van der Waals surface area contributed by atoms with Gasteiger partial charge >= 0.3 is 0 Å². The largest absolute Gasteiger partial charge is 0.492 e. The molecule has 1 aliphatic heterocycles. The number of para-hydroxylation sites is 1. The Labute approximate surface area is 194 Å². The lowest BCUT2D eigenvalue weighted by Crippen LogP contribution is -2.27. The van der Waals surface area contributed by atoms with E-state index in [9.17, 15) is 14.7 Å². The van der Waals surface area contributed by atoms with Crippen molar-refractivity contribution in [3.05, 3.63) is 79.1 Å². The molecule has 0 fully saturated rings. The molecule has 1 unspecified atom stereocenters. The number of nitrogens with one attached hydrogen (secondary N) is 1. The van der Waals surface area contributed by atoms with Crippen LogP contribution in [-0.4, -0.2) is 21.6 Å². The molecule has 6 nitrogen and oxygen atoms in total. The van der Waals surface area contributed by atoms with Crippen LogP contribution in [-0.2, 0) is 16.0 Å². The van der Waals surface area contributed by atoms with Crippen LogP contribution in [0.3, 0.4) is 0 Å². The standard InChI is InChI=1S/C24H23N3O3S2/c1-13(2)12-15-8-10-16(11-9-15)14(3)21(28)26-27-23(30)20(32-24(27)31)19-17-6-4-5-7-18(17)25-22(19)29/h4-11,13-14,30H,12H2,1-3H3,(H,26,28). The number of rotatable bonds is 6. The molecule has 1 aromatic heterocycles. The Balaban J connectivity index is 1.61. The smallest absolute Gasteiger partial charge is 0.279 e. The Hall–Kier alpha value is -3.10. The lowest BCUT2D eigenvalue weighted by atomic mass is 9.96. The van der Waals surface area contributed by atoms with Gasteiger partial charge in [-0.2, -0.15) is 4.68 Å². The maximum Gasteiger partial charge on any atom is 0.279 e. The van der Waals surface area contributed by atoms with E-state index < -0.39 is 11.8 Å². The van der Waals surface area contributed by atoms with Crippen LogP contribution in [0.4, 0.5) is 0 Å². The number of fused-ring (bicyclic) bond motifs is 1. The predicted molar refractivity (Wildman–Crippen MR) is 127 cm³/mol. The molecule has 0 aliphatic carbocycles. The van der Waals surface area contributed by atoms with Crippen molar-refractivity contribution in [3.63, 3.8) is 0 Å². The molecule has 32 heavy (non-hydrogen) atoms. The predicted octanol–water partition coefficient (Wildman–Crippen LogP) is 3.42. The molecule has 2 aromatic carbocycles. The minimum absolute atomic E-state index is 0.231. The second-order valence-corrected chi connectivity index (χ2v) is 9.85. The molecular formula is C24H23N3O3S2. The summed E-state index contributed by atoms with van der Waals surface area (Å²) in [5, 5.41) is 12.0. The van der Waals surface area contributed by atoms with Gasteiger partial charge in [0.15, 0.2) is 3.95 Å². The SMILES string of the molecule is CC(C)Cc1ccc(C(C)C(=O)Nn2c(O)c(C3=c4ccccc4=NC3=O)sc2=S)cc1. The molecule has 164 valence electrons. The summed E-state index contributed by atoms with van der Waals surface area (Å²) in [6.07, 6.45) is 0.981. The number of aromatic hydroxyl groups is 1. The van der Waals surface area contributed by atoms with Crippen LogP contribution in [0.5, 0.6) is 5.88 Å². The number of hydrogen-bond acceptors (Lipinski definition) is 5. The fourth-order valence-electron chi connectivity index (χ4n) is 3.68. The van der Waals surface area contributed by atoms with Gasteiger partial charge in [0.2, 0.25) is 11.8 Å². The molecule has 3 aromatic rings. The first-order chi connectivity index (χ1) is 15.3. The maximum atomic E-state index is 12.9. The summed E-state index contributed by atoms with van der Waals surface area (Å²) >= 11 is 6.42. The van der Waals surface area contributed by atoms with Gasteiger partial charge in [-0.15, -0.1) is 0 Å². The fraction of sp³-hybridized carbons (Fsp3) is 0.250. The first-order valence-corrected chi connectivity index (χ1v) is 11.6. The molecule has 4 rings (SSSR count). The van der Waals surface area contributed by atoms with E-state index in [1.165, 1.54) is 5.56 Å². The number of thiazole rings is 1. The third-order valence-corrected chi connectivity index (χ3v) is 6.74. The van der Waals surface area contributed by atoms with Crippen molar-refractivity contribution in [1.82, 2.24) is 4.68 Å². The van der Waals surface area contributed by atoms with Crippen molar-refractivity contribution in [2.75, 3.05) is 5.43 Å². The lowest BCUT2D eigenvalue weighted by molar-refractivity contribution is -0.118. The van der Waals surface area contributed by atoms with E-state index in [2.05, 4.69) is 24.3 Å². The first-order valence-electron chi connectivity index (χ1n) is 10.3. The van der Waals surface area contributed by atoms with Gasteiger partial charge in [0, 0.05) is 5.22 Å². The van der Waals surface area contributed by atoms with Gasteiger partial charge in [-0.3, -0.25) is 15.0 Å².